The molecule has 3 aliphatic heterocycles. The van der Waals surface area contributed by atoms with Crippen LogP contribution in [0.4, 0.5) is 0 Å². The van der Waals surface area contributed by atoms with Crippen molar-refractivity contribution in [3.8, 4) is 0 Å². The van der Waals surface area contributed by atoms with Crippen LogP contribution in [-0.4, -0.2) is 77.9 Å². The molecule has 9 nitrogen and oxygen atoms in total. The van der Waals surface area contributed by atoms with E-state index in [1.54, 1.807) is 13.8 Å². The lowest BCUT2D eigenvalue weighted by Gasteiger charge is -2.54. The third-order valence-electron chi connectivity index (χ3n) is 13.6. The molecule has 0 spiro atoms. The number of carbonyl (C=O) groups is 2. The summed E-state index contributed by atoms with van der Waals surface area (Å²) in [6, 6.07) is 35.2. The van der Waals surface area contributed by atoms with Crippen LogP contribution in [0.15, 0.2) is 103 Å². The maximum Gasteiger partial charge on any atom is 0.226 e. The van der Waals surface area contributed by atoms with Crippen LogP contribution in [0.2, 0.25) is 0 Å². The van der Waals surface area contributed by atoms with Gasteiger partial charge in [-0.15, -0.1) is 0 Å². The Bertz CT molecular complexity index is 2090. The quantitative estimate of drug-likeness (QED) is 0.0912. The molecule has 0 unspecified atom stereocenters. The molecule has 7 rings (SSSR count). The third kappa shape index (κ3) is 10.4. The second kappa shape index (κ2) is 19.7. The first kappa shape index (κ1) is 45.8. The molecule has 3 saturated heterocycles. The fraction of sp³-hybridized carbons (Fsp3) is 0.509. The molecule has 5 atom stereocenters. The molecular formula is C53H68N2O7. The van der Waals surface area contributed by atoms with Crippen LogP contribution in [0.3, 0.4) is 0 Å². The van der Waals surface area contributed by atoms with E-state index in [0.29, 0.717) is 32.6 Å². The zero-order valence-corrected chi connectivity index (χ0v) is 37.8. The van der Waals surface area contributed by atoms with Gasteiger partial charge < -0.3 is 34.3 Å². The molecule has 4 aromatic rings. The lowest BCUT2D eigenvalue weighted by molar-refractivity contribution is -0.352. The number of benzene rings is 4. The SMILES string of the molecule is Cc1ccc([C@]23OC[C@](C(C)(C)O)(O2)[C@@H](C)[C@H](OCc2ccccc2)[C@H]3OCc2ccccc2)cc1Cc1ccc(CCCC(=O)CC(C)(C)C(=O)NCCN2CCCC2)cc1. The number of rotatable bonds is 20. The van der Waals surface area contributed by atoms with E-state index in [9.17, 15) is 14.7 Å². The Balaban J connectivity index is 1.04. The zero-order valence-electron chi connectivity index (χ0n) is 37.8. The number of ketones is 1. The molecule has 0 radical (unpaired) electrons. The van der Waals surface area contributed by atoms with Gasteiger partial charge in [0.15, 0.2) is 0 Å². The number of nitrogens with one attached hydrogen (secondary N) is 1. The predicted molar refractivity (Wildman–Crippen MR) is 242 cm³/mol. The van der Waals surface area contributed by atoms with E-state index in [1.807, 2.05) is 62.4 Å². The van der Waals surface area contributed by atoms with Crippen molar-refractivity contribution in [1.82, 2.24) is 10.2 Å². The van der Waals surface area contributed by atoms with Gasteiger partial charge in [-0.1, -0.05) is 118 Å². The van der Waals surface area contributed by atoms with Gasteiger partial charge in [0.1, 0.15) is 17.5 Å². The van der Waals surface area contributed by atoms with Crippen LogP contribution in [0.1, 0.15) is 106 Å². The summed E-state index contributed by atoms with van der Waals surface area (Å²) < 4.78 is 27.8. The Morgan fingerprint density at radius 3 is 2.11 bits per heavy atom. The lowest BCUT2D eigenvalue weighted by atomic mass is 9.70. The minimum atomic E-state index is -1.35. The number of Topliss-reactive ketones (excluding diaryl/α,β-unsaturated/α-hetero) is 1. The average Bonchev–Trinajstić information content (AvgIpc) is 3.92. The molecule has 0 aromatic heterocycles. The highest BCUT2D eigenvalue weighted by molar-refractivity contribution is 5.89. The Hall–Kier alpha value is -4.22. The van der Waals surface area contributed by atoms with E-state index in [4.69, 9.17) is 18.9 Å². The number of fused-ring (bicyclic) bond motifs is 2. The van der Waals surface area contributed by atoms with E-state index >= 15 is 0 Å². The fourth-order valence-electron chi connectivity index (χ4n) is 9.63. The average molecular weight is 845 g/mol. The van der Waals surface area contributed by atoms with Gasteiger partial charge in [-0.05, 0) is 105 Å². The Labute approximate surface area is 369 Å². The number of nitrogens with zero attached hydrogens (tertiary/aromatic N) is 1. The maximum atomic E-state index is 13.0. The van der Waals surface area contributed by atoms with E-state index in [-0.39, 0.29) is 30.6 Å². The van der Waals surface area contributed by atoms with Crippen molar-refractivity contribution >= 4 is 11.7 Å². The number of ether oxygens (including phenoxy) is 4. The van der Waals surface area contributed by atoms with Crippen LogP contribution in [-0.2, 0) is 60.4 Å². The van der Waals surface area contributed by atoms with Crippen molar-refractivity contribution in [2.75, 3.05) is 32.8 Å². The number of aryl methyl sites for hydroxylation is 2. The van der Waals surface area contributed by atoms with Gasteiger partial charge in [-0.25, -0.2) is 0 Å². The number of hydrogen-bond donors (Lipinski definition) is 2. The summed E-state index contributed by atoms with van der Waals surface area (Å²) in [5.41, 5.74) is 4.48. The molecule has 0 saturated carbocycles. The second-order valence-corrected chi connectivity index (χ2v) is 19.2. The second-order valence-electron chi connectivity index (χ2n) is 19.2. The van der Waals surface area contributed by atoms with Crippen molar-refractivity contribution in [1.29, 1.82) is 0 Å². The van der Waals surface area contributed by atoms with Crippen LogP contribution in [0, 0.1) is 18.3 Å². The van der Waals surface area contributed by atoms with Crippen molar-refractivity contribution in [3.63, 3.8) is 0 Å². The molecular weight excluding hydrogens is 777 g/mol. The fourth-order valence-corrected chi connectivity index (χ4v) is 9.63. The normalized spacial score (nSPS) is 24.0. The van der Waals surface area contributed by atoms with Gasteiger partial charge in [0.2, 0.25) is 11.7 Å². The third-order valence-corrected chi connectivity index (χ3v) is 13.6. The van der Waals surface area contributed by atoms with Gasteiger partial charge in [-0.2, -0.15) is 0 Å². The lowest BCUT2D eigenvalue weighted by Crippen LogP contribution is -2.68. The first-order chi connectivity index (χ1) is 29.7. The highest BCUT2D eigenvalue weighted by Gasteiger charge is 2.71. The van der Waals surface area contributed by atoms with Crippen LogP contribution in [0.25, 0.3) is 0 Å². The molecule has 3 fully saturated rings. The summed E-state index contributed by atoms with van der Waals surface area (Å²) in [5.74, 6) is -1.55. The number of likely N-dealkylation sites (tertiary alicyclic amines) is 1. The number of hydrogen-bond acceptors (Lipinski definition) is 8. The minimum absolute atomic E-state index is 0.0480. The summed E-state index contributed by atoms with van der Waals surface area (Å²) in [6.45, 7) is 16.1. The molecule has 2 N–H and O–H groups in total. The molecule has 9 heteroatoms. The topological polar surface area (TPSA) is 107 Å². The van der Waals surface area contributed by atoms with Crippen LogP contribution < -0.4 is 5.32 Å². The monoisotopic (exact) mass is 845 g/mol. The molecule has 2 bridgehead atoms. The summed E-state index contributed by atoms with van der Waals surface area (Å²) in [6.07, 6.45) is 4.24. The standard InChI is InChI=1S/C53H68N2O7/c1-38-22-27-45(33-44(38)32-41-25-23-40(24-26-41)20-15-21-46(56)34-50(3,4)49(57)54-28-31-55-29-13-14-30-55)53-48(60-36-43-18-11-8-12-19-43)47(59-35-42-16-9-7-10-17-42)39(2)52(62-53,37-61-53)51(5,6)58/h7-12,16-19,22-27,33,39,47-48,58H,13-15,20-21,28-32,34-37H2,1-6H3,(H,54,57)/t39-,47-,48+,52-,53-/m0/s1. The molecule has 3 aliphatic rings. The summed E-state index contributed by atoms with van der Waals surface area (Å²) in [5, 5.41) is 14.9. The van der Waals surface area contributed by atoms with E-state index in [2.05, 4.69) is 78.7 Å². The number of amides is 1. The minimum Gasteiger partial charge on any atom is -0.387 e. The summed E-state index contributed by atoms with van der Waals surface area (Å²) in [4.78, 5) is 28.3. The number of aliphatic hydroxyl groups is 1. The van der Waals surface area contributed by atoms with Gasteiger partial charge in [-0.3, -0.25) is 9.59 Å². The van der Waals surface area contributed by atoms with Gasteiger partial charge in [0, 0.05) is 37.4 Å². The molecule has 4 aromatic carbocycles. The molecule has 0 aliphatic carbocycles. The highest BCUT2D eigenvalue weighted by Crippen LogP contribution is 2.57. The highest BCUT2D eigenvalue weighted by atomic mass is 16.8. The number of carbonyl (C=O) groups excluding carboxylic acids is 2. The Morgan fingerprint density at radius 2 is 1.47 bits per heavy atom. The predicted octanol–water partition coefficient (Wildman–Crippen LogP) is 8.64. The Kier molecular flexibility index (Phi) is 14.5. The first-order valence-electron chi connectivity index (χ1n) is 22.8. The largest absolute Gasteiger partial charge is 0.387 e. The summed E-state index contributed by atoms with van der Waals surface area (Å²) in [7, 11) is 0. The van der Waals surface area contributed by atoms with E-state index in [0.717, 1.165) is 65.9 Å². The maximum absolute atomic E-state index is 13.0. The van der Waals surface area contributed by atoms with Crippen molar-refractivity contribution in [3.05, 3.63) is 142 Å². The van der Waals surface area contributed by atoms with Crippen LogP contribution in [0.5, 0.6) is 0 Å². The van der Waals surface area contributed by atoms with Crippen molar-refractivity contribution in [2.45, 2.75) is 129 Å². The van der Waals surface area contributed by atoms with Crippen molar-refractivity contribution < 1.29 is 33.6 Å². The van der Waals surface area contributed by atoms with E-state index < -0.39 is 34.6 Å². The smallest absolute Gasteiger partial charge is 0.226 e. The molecule has 62 heavy (non-hydrogen) atoms. The Morgan fingerprint density at radius 1 is 0.839 bits per heavy atom. The van der Waals surface area contributed by atoms with E-state index in [1.165, 1.54) is 18.4 Å². The van der Waals surface area contributed by atoms with Gasteiger partial charge >= 0.3 is 0 Å². The summed E-state index contributed by atoms with van der Waals surface area (Å²) >= 11 is 0. The van der Waals surface area contributed by atoms with Crippen LogP contribution >= 0.6 is 0 Å². The molecule has 332 valence electrons. The molecule has 1 amide bonds. The molecule has 3 heterocycles. The van der Waals surface area contributed by atoms with Gasteiger partial charge in [0.25, 0.3) is 0 Å². The van der Waals surface area contributed by atoms with Crippen molar-refractivity contribution in [2.24, 2.45) is 11.3 Å². The van der Waals surface area contributed by atoms with Gasteiger partial charge in [0.05, 0.1) is 36.9 Å². The zero-order chi connectivity index (χ0) is 44.0. The first-order valence-corrected chi connectivity index (χ1v) is 22.8.